The molecule has 0 saturated carbocycles. The van der Waals surface area contributed by atoms with Gasteiger partial charge in [0.25, 0.3) is 5.91 Å². The summed E-state index contributed by atoms with van der Waals surface area (Å²) in [6, 6.07) is 0. The second kappa shape index (κ2) is 6.12. The van der Waals surface area contributed by atoms with Gasteiger partial charge in [-0.3, -0.25) is 4.79 Å². The van der Waals surface area contributed by atoms with Crippen molar-refractivity contribution < 1.29 is 4.79 Å². The van der Waals surface area contributed by atoms with Crippen molar-refractivity contribution in [2.45, 2.75) is 26.2 Å². The zero-order chi connectivity index (χ0) is 12.1. The molecule has 0 radical (unpaired) electrons. The van der Waals surface area contributed by atoms with Gasteiger partial charge in [0.2, 0.25) is 0 Å². The SMILES string of the molecule is CCCc1ncc(C(=O)N2CCCNCC2)s1. The summed E-state index contributed by atoms with van der Waals surface area (Å²) in [7, 11) is 0. The summed E-state index contributed by atoms with van der Waals surface area (Å²) < 4.78 is 0. The molecule has 0 aliphatic carbocycles. The van der Waals surface area contributed by atoms with Crippen molar-refractivity contribution in [2.24, 2.45) is 0 Å². The van der Waals surface area contributed by atoms with Crippen LogP contribution in [0.4, 0.5) is 0 Å². The Morgan fingerprint density at radius 1 is 1.53 bits per heavy atom. The molecule has 1 saturated heterocycles. The van der Waals surface area contributed by atoms with Crippen molar-refractivity contribution in [1.82, 2.24) is 15.2 Å². The first-order chi connectivity index (χ1) is 8.31. The van der Waals surface area contributed by atoms with Crippen LogP contribution in [0.15, 0.2) is 6.20 Å². The predicted molar refractivity (Wildman–Crippen MR) is 69.5 cm³/mol. The van der Waals surface area contributed by atoms with Gasteiger partial charge in [-0.2, -0.15) is 0 Å². The van der Waals surface area contributed by atoms with Crippen LogP contribution in [0.25, 0.3) is 0 Å². The average molecular weight is 253 g/mol. The van der Waals surface area contributed by atoms with Crippen molar-refractivity contribution >= 4 is 17.2 Å². The first-order valence-electron chi connectivity index (χ1n) is 6.26. The smallest absolute Gasteiger partial charge is 0.265 e. The lowest BCUT2D eigenvalue weighted by molar-refractivity contribution is 0.0771. The topological polar surface area (TPSA) is 45.2 Å². The summed E-state index contributed by atoms with van der Waals surface area (Å²) in [6.45, 7) is 5.69. The molecule has 1 aromatic rings. The van der Waals surface area contributed by atoms with E-state index in [1.165, 1.54) is 0 Å². The molecule has 4 nitrogen and oxygen atoms in total. The normalized spacial score (nSPS) is 16.9. The second-order valence-corrected chi connectivity index (χ2v) is 5.38. The fourth-order valence-electron chi connectivity index (χ4n) is 1.94. The maximum atomic E-state index is 12.2. The molecule has 1 aromatic heterocycles. The molecule has 1 fully saturated rings. The van der Waals surface area contributed by atoms with Crippen molar-refractivity contribution in [3.05, 3.63) is 16.1 Å². The van der Waals surface area contributed by atoms with Crippen LogP contribution in [-0.2, 0) is 6.42 Å². The maximum absolute atomic E-state index is 12.2. The molecule has 2 heterocycles. The summed E-state index contributed by atoms with van der Waals surface area (Å²) in [4.78, 5) is 19.3. The average Bonchev–Trinajstić information content (AvgIpc) is 2.64. The molecule has 0 unspecified atom stereocenters. The van der Waals surface area contributed by atoms with Gasteiger partial charge in [-0.1, -0.05) is 6.92 Å². The number of carbonyl (C=O) groups is 1. The predicted octanol–water partition coefficient (Wildman–Crippen LogP) is 1.53. The Morgan fingerprint density at radius 3 is 3.24 bits per heavy atom. The standard InChI is InChI=1S/C12H19N3OS/c1-2-4-11-14-9-10(17-11)12(16)15-7-3-5-13-6-8-15/h9,13H,2-8H2,1H3. The van der Waals surface area contributed by atoms with Gasteiger partial charge in [-0.15, -0.1) is 11.3 Å². The van der Waals surface area contributed by atoms with Crippen LogP contribution < -0.4 is 5.32 Å². The van der Waals surface area contributed by atoms with Crippen molar-refractivity contribution in [1.29, 1.82) is 0 Å². The summed E-state index contributed by atoms with van der Waals surface area (Å²) in [5.74, 6) is 0.147. The van der Waals surface area contributed by atoms with Gasteiger partial charge in [-0.25, -0.2) is 4.98 Å². The Hall–Kier alpha value is -0.940. The van der Waals surface area contributed by atoms with Gasteiger partial charge < -0.3 is 10.2 Å². The van der Waals surface area contributed by atoms with Crippen LogP contribution >= 0.6 is 11.3 Å². The van der Waals surface area contributed by atoms with E-state index in [2.05, 4.69) is 17.2 Å². The number of aryl methyl sites for hydroxylation is 1. The highest BCUT2D eigenvalue weighted by Crippen LogP contribution is 2.17. The summed E-state index contributed by atoms with van der Waals surface area (Å²) in [5.41, 5.74) is 0. The zero-order valence-corrected chi connectivity index (χ0v) is 11.1. The molecule has 1 N–H and O–H groups in total. The maximum Gasteiger partial charge on any atom is 0.265 e. The number of hydrogen-bond acceptors (Lipinski definition) is 4. The highest BCUT2D eigenvalue weighted by molar-refractivity contribution is 7.13. The van der Waals surface area contributed by atoms with Crippen molar-refractivity contribution in [3.63, 3.8) is 0 Å². The van der Waals surface area contributed by atoms with E-state index >= 15 is 0 Å². The molecule has 1 aliphatic rings. The fraction of sp³-hybridized carbons (Fsp3) is 0.667. The Balaban J connectivity index is 2.01. The van der Waals surface area contributed by atoms with Crippen LogP contribution in [0.3, 0.4) is 0 Å². The number of nitrogens with one attached hydrogen (secondary N) is 1. The Bertz CT molecular complexity index is 370. The second-order valence-electron chi connectivity index (χ2n) is 4.26. The monoisotopic (exact) mass is 253 g/mol. The van der Waals surface area contributed by atoms with Gasteiger partial charge >= 0.3 is 0 Å². The summed E-state index contributed by atoms with van der Waals surface area (Å²) in [6.07, 6.45) is 4.82. The molecule has 94 valence electrons. The molecule has 1 aliphatic heterocycles. The number of thiazole rings is 1. The largest absolute Gasteiger partial charge is 0.337 e. The number of aromatic nitrogens is 1. The summed E-state index contributed by atoms with van der Waals surface area (Å²) in [5, 5.41) is 4.38. The molecule has 2 rings (SSSR count). The number of rotatable bonds is 3. The third kappa shape index (κ3) is 3.26. The van der Waals surface area contributed by atoms with E-state index < -0.39 is 0 Å². The Kier molecular flexibility index (Phi) is 4.50. The molecule has 0 spiro atoms. The van der Waals surface area contributed by atoms with E-state index in [9.17, 15) is 4.79 Å². The first-order valence-corrected chi connectivity index (χ1v) is 7.07. The molecule has 5 heteroatoms. The van der Waals surface area contributed by atoms with E-state index in [0.29, 0.717) is 0 Å². The van der Waals surface area contributed by atoms with E-state index in [1.807, 2.05) is 4.90 Å². The first kappa shape index (κ1) is 12.5. The molecule has 0 aromatic carbocycles. The number of carbonyl (C=O) groups excluding carboxylic acids is 1. The van der Waals surface area contributed by atoms with Crippen LogP contribution in [0.5, 0.6) is 0 Å². The van der Waals surface area contributed by atoms with Crippen LogP contribution in [0.2, 0.25) is 0 Å². The molecule has 1 amide bonds. The van der Waals surface area contributed by atoms with E-state index in [-0.39, 0.29) is 5.91 Å². The molecular formula is C12H19N3OS. The van der Waals surface area contributed by atoms with Crippen molar-refractivity contribution in [2.75, 3.05) is 26.2 Å². The summed E-state index contributed by atoms with van der Waals surface area (Å²) >= 11 is 1.54. The minimum absolute atomic E-state index is 0.147. The van der Waals surface area contributed by atoms with Crippen LogP contribution in [-0.4, -0.2) is 42.0 Å². The van der Waals surface area contributed by atoms with Gasteiger partial charge in [0, 0.05) is 19.6 Å². The highest BCUT2D eigenvalue weighted by Gasteiger charge is 2.19. The van der Waals surface area contributed by atoms with Gasteiger partial charge in [-0.05, 0) is 25.8 Å². The van der Waals surface area contributed by atoms with Gasteiger partial charge in [0.1, 0.15) is 4.88 Å². The molecule has 0 bridgehead atoms. The number of hydrogen-bond donors (Lipinski definition) is 1. The Labute approximate surface area is 106 Å². The quantitative estimate of drug-likeness (QED) is 0.888. The molecular weight excluding hydrogens is 234 g/mol. The molecule has 17 heavy (non-hydrogen) atoms. The van der Waals surface area contributed by atoms with E-state index in [4.69, 9.17) is 0 Å². The molecule has 0 atom stereocenters. The van der Waals surface area contributed by atoms with Crippen LogP contribution in [0, 0.1) is 0 Å². The third-order valence-electron chi connectivity index (χ3n) is 2.86. The van der Waals surface area contributed by atoms with Gasteiger partial charge in [0.15, 0.2) is 0 Å². The van der Waals surface area contributed by atoms with Gasteiger partial charge in [0.05, 0.1) is 11.2 Å². The lowest BCUT2D eigenvalue weighted by atomic mass is 10.3. The lowest BCUT2D eigenvalue weighted by Gasteiger charge is -2.18. The minimum Gasteiger partial charge on any atom is -0.337 e. The minimum atomic E-state index is 0.147. The van der Waals surface area contributed by atoms with E-state index in [1.54, 1.807) is 17.5 Å². The number of amides is 1. The van der Waals surface area contributed by atoms with Crippen molar-refractivity contribution in [3.8, 4) is 0 Å². The Morgan fingerprint density at radius 2 is 2.41 bits per heavy atom. The highest BCUT2D eigenvalue weighted by atomic mass is 32.1. The zero-order valence-electron chi connectivity index (χ0n) is 10.2. The van der Waals surface area contributed by atoms with E-state index in [0.717, 1.165) is 55.3 Å². The fourth-order valence-corrected chi connectivity index (χ4v) is 2.93. The third-order valence-corrected chi connectivity index (χ3v) is 3.90. The van der Waals surface area contributed by atoms with Crippen LogP contribution in [0.1, 0.15) is 34.4 Å². The lowest BCUT2D eigenvalue weighted by Crippen LogP contribution is -2.33. The number of nitrogens with zero attached hydrogens (tertiary/aromatic N) is 2.